The second kappa shape index (κ2) is 13.2. The Kier molecular flexibility index (Phi) is 9.80. The Bertz CT molecular complexity index is 963. The Morgan fingerprint density at radius 1 is 1.14 bits per heavy atom. The maximum Gasteiger partial charge on any atom is 0.230 e. The van der Waals surface area contributed by atoms with Crippen LogP contribution < -0.4 is 16.4 Å². The number of nitrogens with one attached hydrogen (secondary N) is 2. The molecule has 1 aromatic rings. The first kappa shape index (κ1) is 26.7. The van der Waals surface area contributed by atoms with E-state index in [0.29, 0.717) is 30.3 Å². The lowest BCUT2D eigenvalue weighted by atomic mass is 9.90. The predicted octanol–water partition coefficient (Wildman–Crippen LogP) is 3.87. The largest absolute Gasteiger partial charge is 0.403 e. The molecule has 1 aliphatic carbocycles. The number of thioether (sulfide) groups is 1. The van der Waals surface area contributed by atoms with Crippen LogP contribution >= 0.6 is 11.8 Å². The average Bonchev–Trinajstić information content (AvgIpc) is 3.41. The fourth-order valence-corrected chi connectivity index (χ4v) is 5.63. The summed E-state index contributed by atoms with van der Waals surface area (Å²) in [7, 11) is 0. The molecular formula is C26H39N7O2S. The molecule has 10 heteroatoms. The van der Waals surface area contributed by atoms with Gasteiger partial charge in [-0.05, 0) is 50.0 Å². The molecule has 4 rings (SSSR count). The van der Waals surface area contributed by atoms with Crippen molar-refractivity contribution in [2.75, 3.05) is 50.2 Å². The van der Waals surface area contributed by atoms with Crippen molar-refractivity contribution in [3.8, 4) is 0 Å². The van der Waals surface area contributed by atoms with E-state index < -0.39 is 0 Å². The number of hydrogen-bond donors (Lipinski definition) is 3. The zero-order chi connectivity index (χ0) is 25.3. The van der Waals surface area contributed by atoms with Gasteiger partial charge in [-0.3, -0.25) is 9.89 Å². The van der Waals surface area contributed by atoms with Crippen molar-refractivity contribution in [1.29, 1.82) is 0 Å². The Morgan fingerprint density at radius 2 is 1.92 bits per heavy atom. The fourth-order valence-electron chi connectivity index (χ4n) is 4.94. The van der Waals surface area contributed by atoms with Gasteiger partial charge in [-0.1, -0.05) is 24.9 Å². The van der Waals surface area contributed by atoms with Gasteiger partial charge in [-0.25, -0.2) is 4.98 Å². The predicted molar refractivity (Wildman–Crippen MR) is 148 cm³/mol. The third-order valence-electron chi connectivity index (χ3n) is 6.86. The second-order valence-electron chi connectivity index (χ2n) is 9.48. The van der Waals surface area contributed by atoms with Crippen molar-refractivity contribution >= 4 is 35.3 Å². The van der Waals surface area contributed by atoms with Crippen molar-refractivity contribution in [3.63, 3.8) is 0 Å². The summed E-state index contributed by atoms with van der Waals surface area (Å²) in [5.41, 5.74) is 8.35. The third kappa shape index (κ3) is 7.09. The highest BCUT2D eigenvalue weighted by molar-refractivity contribution is 8.02. The summed E-state index contributed by atoms with van der Waals surface area (Å²) in [6, 6.07) is 1.15. The summed E-state index contributed by atoms with van der Waals surface area (Å²) < 4.78 is 10.9. The molecule has 3 heterocycles. The number of nitrogens with zero attached hydrogens (tertiary/aromatic N) is 4. The minimum atomic E-state index is 0.158. The van der Waals surface area contributed by atoms with Crippen LogP contribution in [-0.2, 0) is 9.47 Å². The molecule has 3 fully saturated rings. The summed E-state index contributed by atoms with van der Waals surface area (Å²) >= 11 is 1.46. The molecule has 2 saturated heterocycles. The van der Waals surface area contributed by atoms with Crippen LogP contribution in [0, 0.1) is 0 Å². The number of nitrogens with two attached hydrogens (primary N) is 1. The van der Waals surface area contributed by atoms with E-state index in [1.54, 1.807) is 11.6 Å². The van der Waals surface area contributed by atoms with Gasteiger partial charge in [0.15, 0.2) is 0 Å². The van der Waals surface area contributed by atoms with Crippen molar-refractivity contribution in [1.82, 2.24) is 14.9 Å². The molecule has 0 unspecified atom stereocenters. The molecule has 36 heavy (non-hydrogen) atoms. The molecule has 1 saturated carbocycles. The van der Waals surface area contributed by atoms with E-state index in [1.807, 2.05) is 6.92 Å². The van der Waals surface area contributed by atoms with Gasteiger partial charge in [-0.2, -0.15) is 4.98 Å². The number of aromatic nitrogens is 2. The van der Waals surface area contributed by atoms with E-state index in [-0.39, 0.29) is 6.04 Å². The lowest BCUT2D eigenvalue weighted by Gasteiger charge is -2.39. The van der Waals surface area contributed by atoms with Crippen LogP contribution in [0.25, 0.3) is 5.57 Å². The molecule has 0 spiro atoms. The maximum atomic E-state index is 5.88. The monoisotopic (exact) mass is 513 g/mol. The zero-order valence-electron chi connectivity index (χ0n) is 21.2. The first-order valence-corrected chi connectivity index (χ1v) is 13.7. The van der Waals surface area contributed by atoms with E-state index >= 15 is 0 Å². The number of hydrogen-bond acceptors (Lipinski definition) is 10. The highest BCUT2D eigenvalue weighted by Gasteiger charge is 2.28. The molecule has 2 aliphatic heterocycles. The molecule has 3 aliphatic rings. The van der Waals surface area contributed by atoms with Gasteiger partial charge in [0.25, 0.3) is 0 Å². The van der Waals surface area contributed by atoms with Crippen LogP contribution in [0.1, 0.15) is 44.6 Å². The number of ether oxygens (including phenoxy) is 2. The van der Waals surface area contributed by atoms with Crippen LogP contribution in [0.2, 0.25) is 0 Å². The quantitative estimate of drug-likeness (QED) is 0.244. The molecular weight excluding hydrogens is 474 g/mol. The summed E-state index contributed by atoms with van der Waals surface area (Å²) in [6.45, 7) is 15.2. The summed E-state index contributed by atoms with van der Waals surface area (Å²) in [4.78, 5) is 16.8. The van der Waals surface area contributed by atoms with E-state index in [4.69, 9.17) is 25.2 Å². The second-order valence-corrected chi connectivity index (χ2v) is 10.4. The smallest absolute Gasteiger partial charge is 0.230 e. The molecule has 196 valence electrons. The highest BCUT2D eigenvalue weighted by atomic mass is 32.2. The van der Waals surface area contributed by atoms with Gasteiger partial charge < -0.3 is 25.8 Å². The van der Waals surface area contributed by atoms with Crippen LogP contribution in [0.4, 0.5) is 11.8 Å². The number of rotatable bonds is 10. The van der Waals surface area contributed by atoms with E-state index in [0.717, 1.165) is 74.2 Å². The molecule has 4 N–H and O–H groups in total. The Hall–Kier alpha value is -2.40. The Labute approximate surface area is 218 Å². The summed E-state index contributed by atoms with van der Waals surface area (Å²) in [5.74, 6) is 1.25. The number of aliphatic imine (C=N–C) groups is 1. The van der Waals surface area contributed by atoms with Crippen molar-refractivity contribution in [3.05, 3.63) is 36.0 Å². The number of anilines is 2. The van der Waals surface area contributed by atoms with Crippen molar-refractivity contribution in [2.24, 2.45) is 10.7 Å². The van der Waals surface area contributed by atoms with Crippen molar-refractivity contribution < 1.29 is 9.47 Å². The molecule has 0 aromatic carbocycles. The van der Waals surface area contributed by atoms with E-state index in [9.17, 15) is 0 Å². The fraction of sp³-hybridized carbons (Fsp3) is 0.577. The molecule has 9 nitrogen and oxygen atoms in total. The van der Waals surface area contributed by atoms with Crippen molar-refractivity contribution in [2.45, 2.75) is 62.2 Å². The van der Waals surface area contributed by atoms with Gasteiger partial charge in [0.2, 0.25) is 5.95 Å². The molecule has 0 radical (unpaired) electrons. The lowest BCUT2D eigenvalue weighted by molar-refractivity contribution is 0.00790. The SMILES string of the molecule is C=CSc1nc(NC(C=N[C@H]2CCOC2)=CN)nc(NC2CCC(N3CCOCC3)CC2)c1C(=C)C. The summed E-state index contributed by atoms with van der Waals surface area (Å²) in [5, 5.41) is 9.53. The minimum Gasteiger partial charge on any atom is -0.403 e. The number of morpholine rings is 1. The van der Waals surface area contributed by atoms with Crippen LogP contribution in [-0.4, -0.2) is 78.7 Å². The van der Waals surface area contributed by atoms with Gasteiger partial charge in [0.05, 0.1) is 37.1 Å². The van der Waals surface area contributed by atoms with Crippen LogP contribution in [0.3, 0.4) is 0 Å². The van der Waals surface area contributed by atoms with Gasteiger partial charge in [0, 0.05) is 44.2 Å². The average molecular weight is 514 g/mol. The standard InChI is InChI=1S/C26H39N7O2S/c1-4-36-25-23(18(2)3)24(29-19-5-7-22(8-6-19)33-10-13-34-14-11-33)31-26(32-25)30-21(15-27)16-28-20-9-12-35-17-20/h4,15-16,19-20,22H,1-2,5-14,17,27H2,3H3,(H2,29,30,31,32)/t19?,20-,22?/m0/s1. The zero-order valence-corrected chi connectivity index (χ0v) is 22.1. The van der Waals surface area contributed by atoms with Gasteiger partial charge in [-0.15, -0.1) is 0 Å². The minimum absolute atomic E-state index is 0.158. The normalized spacial score (nSPS) is 25.7. The highest BCUT2D eigenvalue weighted by Crippen LogP contribution is 2.34. The van der Waals surface area contributed by atoms with E-state index in [2.05, 4.69) is 33.7 Å². The first-order chi connectivity index (χ1) is 17.6. The van der Waals surface area contributed by atoms with Crippen LogP contribution in [0.5, 0.6) is 0 Å². The van der Waals surface area contributed by atoms with Gasteiger partial charge >= 0.3 is 0 Å². The molecule has 1 atom stereocenters. The number of allylic oxidation sites excluding steroid dienone is 2. The Morgan fingerprint density at radius 3 is 2.56 bits per heavy atom. The maximum absolute atomic E-state index is 5.88. The topological polar surface area (TPSA) is 110 Å². The van der Waals surface area contributed by atoms with Gasteiger partial charge in [0.1, 0.15) is 10.8 Å². The van der Waals surface area contributed by atoms with E-state index in [1.165, 1.54) is 30.8 Å². The first-order valence-electron chi connectivity index (χ1n) is 12.8. The Balaban J connectivity index is 1.49. The molecule has 0 bridgehead atoms. The molecule has 0 amide bonds. The molecule has 1 aromatic heterocycles. The summed E-state index contributed by atoms with van der Waals surface area (Å²) in [6.07, 6.45) is 8.67. The van der Waals surface area contributed by atoms with Crippen LogP contribution in [0.15, 0.2) is 40.5 Å². The third-order valence-corrected chi connectivity index (χ3v) is 7.55. The lowest BCUT2D eigenvalue weighted by Crippen LogP contribution is -2.46.